The average Bonchev–Trinajstić information content (AvgIpc) is 2.37. The molecule has 1 heterocycles. The summed E-state index contributed by atoms with van der Waals surface area (Å²) < 4.78 is 26.8. The van der Waals surface area contributed by atoms with E-state index in [1.165, 1.54) is 0 Å². The molecule has 1 saturated heterocycles. The maximum Gasteiger partial charge on any atom is 0.237 e. The second-order valence-electron chi connectivity index (χ2n) is 7.25. The zero-order valence-corrected chi connectivity index (χ0v) is 15.3. The molecule has 0 atom stereocenters. The summed E-state index contributed by atoms with van der Waals surface area (Å²) in [4.78, 5) is 14.1. The third kappa shape index (κ3) is 7.09. The van der Waals surface area contributed by atoms with Crippen LogP contribution in [0.3, 0.4) is 0 Å². The fourth-order valence-electron chi connectivity index (χ4n) is 2.88. The fraction of sp³-hybridized carbons (Fsp3) is 0.938. The highest BCUT2D eigenvalue weighted by Gasteiger charge is 2.31. The lowest BCUT2D eigenvalue weighted by Gasteiger charge is -2.32. The van der Waals surface area contributed by atoms with E-state index >= 15 is 0 Å². The van der Waals surface area contributed by atoms with Gasteiger partial charge in [-0.3, -0.25) is 9.52 Å². The van der Waals surface area contributed by atoms with Gasteiger partial charge in [-0.2, -0.15) is 0 Å². The first-order valence-electron chi connectivity index (χ1n) is 8.47. The third-order valence-electron chi connectivity index (χ3n) is 4.04. The second kappa shape index (κ2) is 8.87. The van der Waals surface area contributed by atoms with E-state index in [9.17, 15) is 13.2 Å². The number of sulfonamides is 1. The van der Waals surface area contributed by atoms with Gasteiger partial charge in [0.25, 0.3) is 0 Å². The molecule has 1 aliphatic rings. The first-order valence-corrected chi connectivity index (χ1v) is 10.0. The number of hydrogen-bond acceptors (Lipinski definition) is 4. The minimum absolute atomic E-state index is 0.295. The van der Waals surface area contributed by atoms with Gasteiger partial charge in [0, 0.05) is 13.0 Å². The Balaban J connectivity index is 2.39. The number of nitrogens with one attached hydrogen (secondary N) is 1. The molecule has 0 bridgehead atoms. The number of amides is 1. The average molecular weight is 333 g/mol. The predicted octanol–water partition coefficient (Wildman–Crippen LogP) is 2.38. The van der Waals surface area contributed by atoms with Crippen LogP contribution in [0, 0.1) is 11.8 Å². The van der Waals surface area contributed by atoms with E-state index in [0.29, 0.717) is 31.1 Å². The molecule has 1 amide bonds. The van der Waals surface area contributed by atoms with Gasteiger partial charge in [-0.25, -0.2) is 8.42 Å². The van der Waals surface area contributed by atoms with E-state index in [-0.39, 0.29) is 5.91 Å². The number of carbonyl (C=O) groups is 1. The van der Waals surface area contributed by atoms with Crippen LogP contribution >= 0.6 is 0 Å². The summed E-state index contributed by atoms with van der Waals surface area (Å²) in [7, 11) is -3.51. The summed E-state index contributed by atoms with van der Waals surface area (Å²) in [5, 5.41) is -0.426. The zero-order chi connectivity index (χ0) is 16.8. The number of hydrogen-bond donors (Lipinski definition) is 1. The molecule has 0 aromatic carbocycles. The van der Waals surface area contributed by atoms with Gasteiger partial charge in [0.15, 0.2) is 0 Å². The molecule has 6 heteroatoms. The van der Waals surface area contributed by atoms with Crippen LogP contribution in [0.4, 0.5) is 0 Å². The molecule has 130 valence electrons. The molecule has 5 nitrogen and oxygen atoms in total. The van der Waals surface area contributed by atoms with Gasteiger partial charge in [0.1, 0.15) is 0 Å². The van der Waals surface area contributed by atoms with Crippen LogP contribution in [-0.2, 0) is 14.8 Å². The van der Waals surface area contributed by atoms with E-state index in [2.05, 4.69) is 37.3 Å². The SMILES string of the molecule is CC(C)CCCC(=O)NS(=O)(=O)C1CCN(CC(C)C)CC1. The number of likely N-dealkylation sites (tertiary alicyclic amines) is 1. The minimum Gasteiger partial charge on any atom is -0.303 e. The third-order valence-corrected chi connectivity index (χ3v) is 5.90. The number of nitrogens with zero attached hydrogens (tertiary/aromatic N) is 1. The molecular weight excluding hydrogens is 300 g/mol. The highest BCUT2D eigenvalue weighted by molar-refractivity contribution is 7.90. The highest BCUT2D eigenvalue weighted by Crippen LogP contribution is 2.18. The Morgan fingerprint density at radius 2 is 1.73 bits per heavy atom. The van der Waals surface area contributed by atoms with Crippen molar-refractivity contribution in [2.45, 2.75) is 65.0 Å². The van der Waals surface area contributed by atoms with Crippen molar-refractivity contribution >= 4 is 15.9 Å². The van der Waals surface area contributed by atoms with Crippen molar-refractivity contribution in [1.29, 1.82) is 0 Å². The van der Waals surface area contributed by atoms with Crippen LogP contribution in [0.5, 0.6) is 0 Å². The maximum atomic E-state index is 12.3. The number of carbonyl (C=O) groups excluding carboxylic acids is 1. The number of rotatable bonds is 8. The van der Waals surface area contributed by atoms with Crippen LogP contribution in [-0.4, -0.2) is 44.1 Å². The van der Waals surface area contributed by atoms with E-state index in [1.54, 1.807) is 0 Å². The summed E-state index contributed by atoms with van der Waals surface area (Å²) in [6.07, 6.45) is 3.21. The van der Waals surface area contributed by atoms with Crippen molar-refractivity contribution in [1.82, 2.24) is 9.62 Å². The van der Waals surface area contributed by atoms with Gasteiger partial charge in [-0.05, 0) is 44.2 Å². The normalized spacial score (nSPS) is 18.1. The second-order valence-corrected chi connectivity index (χ2v) is 9.21. The molecule has 1 rings (SSSR count). The zero-order valence-electron chi connectivity index (χ0n) is 14.5. The van der Waals surface area contributed by atoms with Gasteiger partial charge in [-0.1, -0.05) is 34.1 Å². The first kappa shape index (κ1) is 19.4. The van der Waals surface area contributed by atoms with Crippen LogP contribution in [0.1, 0.15) is 59.8 Å². The smallest absolute Gasteiger partial charge is 0.237 e. The Kier molecular flexibility index (Phi) is 7.83. The van der Waals surface area contributed by atoms with Crippen molar-refractivity contribution in [3.8, 4) is 0 Å². The standard InChI is InChI=1S/C16H32N2O3S/c1-13(2)6-5-7-16(19)17-22(20,21)15-8-10-18(11-9-15)12-14(3)4/h13-15H,5-12H2,1-4H3,(H,17,19). The van der Waals surface area contributed by atoms with Crippen molar-refractivity contribution in [2.24, 2.45) is 11.8 Å². The molecular formula is C16H32N2O3S. The van der Waals surface area contributed by atoms with Gasteiger partial charge in [-0.15, -0.1) is 0 Å². The lowest BCUT2D eigenvalue weighted by molar-refractivity contribution is -0.119. The van der Waals surface area contributed by atoms with E-state index in [4.69, 9.17) is 0 Å². The monoisotopic (exact) mass is 332 g/mol. The Morgan fingerprint density at radius 3 is 2.23 bits per heavy atom. The molecule has 0 aromatic rings. The summed E-state index contributed by atoms with van der Waals surface area (Å²) in [5.74, 6) is 0.772. The Morgan fingerprint density at radius 1 is 1.14 bits per heavy atom. The van der Waals surface area contributed by atoms with Crippen LogP contribution in [0.2, 0.25) is 0 Å². The lowest BCUT2D eigenvalue weighted by Crippen LogP contribution is -2.45. The lowest BCUT2D eigenvalue weighted by atomic mass is 10.1. The van der Waals surface area contributed by atoms with Gasteiger partial charge in [0.05, 0.1) is 5.25 Å². The van der Waals surface area contributed by atoms with Crippen molar-refractivity contribution in [3.63, 3.8) is 0 Å². The van der Waals surface area contributed by atoms with Gasteiger partial charge in [0.2, 0.25) is 15.9 Å². The quantitative estimate of drug-likeness (QED) is 0.741. The van der Waals surface area contributed by atoms with Crippen LogP contribution in [0.25, 0.3) is 0 Å². The largest absolute Gasteiger partial charge is 0.303 e. The van der Waals surface area contributed by atoms with Crippen LogP contribution < -0.4 is 4.72 Å². The molecule has 0 spiro atoms. The summed E-state index contributed by atoms with van der Waals surface area (Å²) >= 11 is 0. The summed E-state index contributed by atoms with van der Waals surface area (Å²) in [6.45, 7) is 11.1. The molecule has 0 aromatic heterocycles. The molecule has 0 saturated carbocycles. The molecule has 0 radical (unpaired) electrons. The van der Waals surface area contributed by atoms with E-state index in [1.807, 2.05) is 0 Å². The Labute approximate surface area is 135 Å². The first-order chi connectivity index (χ1) is 10.2. The molecule has 0 aliphatic carbocycles. The Hall–Kier alpha value is -0.620. The van der Waals surface area contributed by atoms with E-state index < -0.39 is 15.3 Å². The molecule has 0 unspecified atom stereocenters. The predicted molar refractivity (Wildman–Crippen MR) is 90.1 cm³/mol. The molecule has 1 N–H and O–H groups in total. The van der Waals surface area contributed by atoms with E-state index in [0.717, 1.165) is 32.5 Å². The topological polar surface area (TPSA) is 66.5 Å². The number of piperidine rings is 1. The maximum absolute atomic E-state index is 12.3. The van der Waals surface area contributed by atoms with Gasteiger partial charge < -0.3 is 4.90 Å². The molecule has 1 fully saturated rings. The minimum atomic E-state index is -3.51. The highest BCUT2D eigenvalue weighted by atomic mass is 32.2. The van der Waals surface area contributed by atoms with Gasteiger partial charge >= 0.3 is 0 Å². The molecule has 22 heavy (non-hydrogen) atoms. The van der Waals surface area contributed by atoms with Crippen LogP contribution in [0.15, 0.2) is 0 Å². The molecule has 1 aliphatic heterocycles. The van der Waals surface area contributed by atoms with Crippen molar-refractivity contribution in [2.75, 3.05) is 19.6 Å². The summed E-state index contributed by atoms with van der Waals surface area (Å²) in [6, 6.07) is 0. The van der Waals surface area contributed by atoms with Crippen molar-refractivity contribution in [3.05, 3.63) is 0 Å². The fourth-order valence-corrected chi connectivity index (χ4v) is 4.30. The summed E-state index contributed by atoms with van der Waals surface area (Å²) in [5.41, 5.74) is 0. The van der Waals surface area contributed by atoms with Crippen molar-refractivity contribution < 1.29 is 13.2 Å². The Bertz CT molecular complexity index is 438.